The number of sulfonamides is 1. The molecule has 7 nitrogen and oxygen atoms in total. The molecule has 1 atom stereocenters. The number of nitrogens with zero attached hydrogens (tertiary/aromatic N) is 2. The molecule has 0 heterocycles. The van der Waals surface area contributed by atoms with Gasteiger partial charge in [-0.1, -0.05) is 48.5 Å². The molecule has 0 aliphatic rings. The maximum Gasteiger partial charge on any atom is 0.244 e. The number of carbonyl (C=O) groups excluding carboxylic acids is 2. The van der Waals surface area contributed by atoms with E-state index >= 15 is 0 Å². The maximum atomic E-state index is 13.3. The topological polar surface area (TPSA) is 86.8 Å². The van der Waals surface area contributed by atoms with Gasteiger partial charge < -0.3 is 10.2 Å². The predicted octanol–water partition coefficient (Wildman–Crippen LogP) is 2.23. The Morgan fingerprint density at radius 2 is 1.57 bits per heavy atom. The molecule has 0 fully saturated rings. The zero-order chi connectivity index (χ0) is 22.5. The van der Waals surface area contributed by atoms with Crippen molar-refractivity contribution < 1.29 is 18.0 Å². The van der Waals surface area contributed by atoms with Gasteiger partial charge in [-0.3, -0.25) is 13.9 Å². The third-order valence-corrected chi connectivity index (χ3v) is 6.09. The van der Waals surface area contributed by atoms with Crippen molar-refractivity contribution in [1.82, 2.24) is 10.2 Å². The predicted molar refractivity (Wildman–Crippen MR) is 119 cm³/mol. The van der Waals surface area contributed by atoms with Crippen molar-refractivity contribution in [2.75, 3.05) is 24.2 Å². The highest BCUT2D eigenvalue weighted by molar-refractivity contribution is 7.92. The van der Waals surface area contributed by atoms with Gasteiger partial charge in [0, 0.05) is 13.6 Å². The van der Waals surface area contributed by atoms with E-state index in [9.17, 15) is 18.0 Å². The molecule has 0 saturated carbocycles. The Hall–Kier alpha value is -2.87. The van der Waals surface area contributed by atoms with Gasteiger partial charge >= 0.3 is 0 Å². The fourth-order valence-electron chi connectivity index (χ4n) is 3.35. The Morgan fingerprint density at radius 1 is 1.00 bits per heavy atom. The third kappa shape index (κ3) is 5.60. The Morgan fingerprint density at radius 3 is 2.07 bits per heavy atom. The van der Waals surface area contributed by atoms with Crippen LogP contribution < -0.4 is 9.62 Å². The highest BCUT2D eigenvalue weighted by Gasteiger charge is 2.30. The van der Waals surface area contributed by atoms with Gasteiger partial charge in [-0.15, -0.1) is 0 Å². The van der Waals surface area contributed by atoms with Gasteiger partial charge in [-0.05, 0) is 37.5 Å². The largest absolute Gasteiger partial charge is 0.357 e. The molecular formula is C22H29N3O4S. The standard InChI is InChI=1S/C22H29N3O4S/c1-16-10-9-11-17(2)21(16)25(30(5,28)29)15-20(26)24(18(3)22(27)23-4)14-19-12-7-6-8-13-19/h6-13,18H,14-15H2,1-5H3,(H,23,27)/t18-/m1/s1. The number of hydrogen-bond acceptors (Lipinski definition) is 4. The number of carbonyl (C=O) groups is 2. The van der Waals surface area contributed by atoms with Crippen molar-refractivity contribution in [3.8, 4) is 0 Å². The molecule has 30 heavy (non-hydrogen) atoms. The zero-order valence-electron chi connectivity index (χ0n) is 18.0. The van der Waals surface area contributed by atoms with E-state index in [1.807, 2.05) is 36.4 Å². The number of anilines is 1. The van der Waals surface area contributed by atoms with E-state index in [-0.39, 0.29) is 12.5 Å². The molecule has 0 bridgehead atoms. The fourth-order valence-corrected chi connectivity index (χ4v) is 4.31. The first-order valence-corrected chi connectivity index (χ1v) is 11.5. The van der Waals surface area contributed by atoms with Crippen molar-refractivity contribution in [1.29, 1.82) is 0 Å². The minimum absolute atomic E-state index is 0.193. The summed E-state index contributed by atoms with van der Waals surface area (Å²) in [5.74, 6) is -0.778. The number of benzene rings is 2. The number of likely N-dealkylation sites (N-methyl/N-ethyl adjacent to an activating group) is 1. The summed E-state index contributed by atoms with van der Waals surface area (Å²) in [5.41, 5.74) is 2.84. The number of amides is 2. The van der Waals surface area contributed by atoms with Gasteiger partial charge in [0.05, 0.1) is 11.9 Å². The smallest absolute Gasteiger partial charge is 0.244 e. The lowest BCUT2D eigenvalue weighted by molar-refractivity contribution is -0.139. The maximum absolute atomic E-state index is 13.3. The Balaban J connectivity index is 2.43. The van der Waals surface area contributed by atoms with Gasteiger partial charge in [0.1, 0.15) is 12.6 Å². The minimum Gasteiger partial charge on any atom is -0.357 e. The van der Waals surface area contributed by atoms with Crippen LogP contribution in [0.2, 0.25) is 0 Å². The second kappa shape index (κ2) is 9.75. The van der Waals surface area contributed by atoms with E-state index in [4.69, 9.17) is 0 Å². The van der Waals surface area contributed by atoms with Gasteiger partial charge in [0.15, 0.2) is 0 Å². The molecule has 0 aromatic heterocycles. The Labute approximate surface area is 178 Å². The van der Waals surface area contributed by atoms with Crippen LogP contribution in [0.3, 0.4) is 0 Å². The normalized spacial score (nSPS) is 12.2. The molecule has 2 aromatic carbocycles. The summed E-state index contributed by atoms with van der Waals surface area (Å²) in [4.78, 5) is 27.0. The van der Waals surface area contributed by atoms with Gasteiger partial charge in [0.25, 0.3) is 0 Å². The lowest BCUT2D eigenvalue weighted by atomic mass is 10.1. The third-order valence-electron chi connectivity index (χ3n) is 4.98. The summed E-state index contributed by atoms with van der Waals surface area (Å²) < 4.78 is 26.3. The highest BCUT2D eigenvalue weighted by Crippen LogP contribution is 2.27. The number of nitrogens with one attached hydrogen (secondary N) is 1. The monoisotopic (exact) mass is 431 g/mol. The van der Waals surface area contributed by atoms with E-state index in [1.54, 1.807) is 32.9 Å². The molecule has 2 aromatic rings. The zero-order valence-corrected chi connectivity index (χ0v) is 18.9. The molecule has 0 spiro atoms. The van der Waals surface area contributed by atoms with Crippen molar-refractivity contribution in [2.45, 2.75) is 33.4 Å². The highest BCUT2D eigenvalue weighted by atomic mass is 32.2. The number of hydrogen-bond donors (Lipinski definition) is 1. The molecule has 2 amide bonds. The molecule has 0 aliphatic carbocycles. The molecule has 0 unspecified atom stereocenters. The first-order chi connectivity index (χ1) is 14.1. The van der Waals surface area contributed by atoms with Crippen LogP contribution in [0.5, 0.6) is 0 Å². The van der Waals surface area contributed by atoms with Crippen molar-refractivity contribution in [3.63, 3.8) is 0 Å². The van der Waals surface area contributed by atoms with Crippen molar-refractivity contribution in [2.24, 2.45) is 0 Å². The van der Waals surface area contributed by atoms with E-state index in [2.05, 4.69) is 5.32 Å². The van der Waals surface area contributed by atoms with Crippen LogP contribution >= 0.6 is 0 Å². The summed E-state index contributed by atoms with van der Waals surface area (Å²) in [6, 6.07) is 14.0. The van der Waals surface area contributed by atoms with Gasteiger partial charge in [0.2, 0.25) is 21.8 Å². The summed E-state index contributed by atoms with van der Waals surface area (Å²) in [7, 11) is -2.23. The van der Waals surface area contributed by atoms with Crippen LogP contribution in [0, 0.1) is 13.8 Å². The average Bonchev–Trinajstić information content (AvgIpc) is 2.69. The molecule has 0 saturated heterocycles. The van der Waals surface area contributed by atoms with E-state index in [0.29, 0.717) is 5.69 Å². The van der Waals surface area contributed by atoms with Crippen LogP contribution in [-0.2, 0) is 26.2 Å². The summed E-state index contributed by atoms with van der Waals surface area (Å²) in [6.07, 6.45) is 1.08. The van der Waals surface area contributed by atoms with Gasteiger partial charge in [-0.2, -0.15) is 0 Å². The molecule has 0 aliphatic heterocycles. The Bertz CT molecular complexity index is 986. The quantitative estimate of drug-likeness (QED) is 0.694. The van der Waals surface area contributed by atoms with E-state index in [1.165, 1.54) is 11.9 Å². The second-order valence-corrected chi connectivity index (χ2v) is 9.21. The van der Waals surface area contributed by atoms with Crippen LogP contribution in [0.4, 0.5) is 5.69 Å². The first-order valence-electron chi connectivity index (χ1n) is 9.65. The first kappa shape index (κ1) is 23.4. The van der Waals surface area contributed by atoms with E-state index < -0.39 is 28.5 Å². The fraction of sp³-hybridized carbons (Fsp3) is 0.364. The molecular weight excluding hydrogens is 402 g/mol. The van der Waals surface area contributed by atoms with Crippen LogP contribution in [0.25, 0.3) is 0 Å². The number of rotatable bonds is 8. The van der Waals surface area contributed by atoms with Gasteiger partial charge in [-0.25, -0.2) is 8.42 Å². The molecule has 2 rings (SSSR count). The van der Waals surface area contributed by atoms with Crippen LogP contribution in [0.1, 0.15) is 23.6 Å². The lowest BCUT2D eigenvalue weighted by Crippen LogP contribution is -2.50. The second-order valence-electron chi connectivity index (χ2n) is 7.31. The average molecular weight is 432 g/mol. The molecule has 0 radical (unpaired) electrons. The lowest BCUT2D eigenvalue weighted by Gasteiger charge is -2.32. The summed E-state index contributed by atoms with van der Waals surface area (Å²) >= 11 is 0. The SMILES string of the molecule is CNC(=O)[C@@H](C)N(Cc1ccccc1)C(=O)CN(c1c(C)cccc1C)S(C)(=O)=O. The molecule has 1 N–H and O–H groups in total. The minimum atomic E-state index is -3.73. The Kier molecular flexibility index (Phi) is 7.61. The molecule has 162 valence electrons. The van der Waals surface area contributed by atoms with Crippen molar-refractivity contribution in [3.05, 3.63) is 65.2 Å². The van der Waals surface area contributed by atoms with Crippen LogP contribution in [-0.4, -0.2) is 51.0 Å². The summed E-state index contributed by atoms with van der Waals surface area (Å²) in [5, 5.41) is 2.55. The number of para-hydroxylation sites is 1. The number of aryl methyl sites for hydroxylation is 2. The van der Waals surface area contributed by atoms with Crippen LogP contribution in [0.15, 0.2) is 48.5 Å². The van der Waals surface area contributed by atoms with E-state index in [0.717, 1.165) is 27.3 Å². The summed E-state index contributed by atoms with van der Waals surface area (Å²) in [6.45, 7) is 5.04. The van der Waals surface area contributed by atoms with Crippen molar-refractivity contribution >= 4 is 27.5 Å². The molecule has 8 heteroatoms.